The molecular formula is C18H10Cl2F5N3O2. The quantitative estimate of drug-likeness (QED) is 0.466. The van der Waals surface area contributed by atoms with Crippen molar-refractivity contribution >= 4 is 34.8 Å². The van der Waals surface area contributed by atoms with Gasteiger partial charge in [0.25, 0.3) is 5.91 Å². The summed E-state index contributed by atoms with van der Waals surface area (Å²) in [6.45, 7) is -3.11. The fourth-order valence-electron chi connectivity index (χ4n) is 2.53. The molecule has 1 amide bonds. The summed E-state index contributed by atoms with van der Waals surface area (Å²) < 4.78 is 70.3. The van der Waals surface area contributed by atoms with Crippen LogP contribution >= 0.6 is 23.2 Å². The summed E-state index contributed by atoms with van der Waals surface area (Å²) in [5, 5.41) is 5.95. The predicted octanol–water partition coefficient (Wildman–Crippen LogP) is 6.05. The van der Waals surface area contributed by atoms with Crippen molar-refractivity contribution in [1.82, 2.24) is 9.78 Å². The van der Waals surface area contributed by atoms with Crippen LogP contribution in [-0.4, -0.2) is 22.3 Å². The third kappa shape index (κ3) is 4.82. The minimum absolute atomic E-state index is 0.0287. The first-order chi connectivity index (χ1) is 14.1. The van der Waals surface area contributed by atoms with E-state index in [0.29, 0.717) is 9.70 Å². The summed E-state index contributed by atoms with van der Waals surface area (Å²) in [6.07, 6.45) is -4.14. The summed E-state index contributed by atoms with van der Waals surface area (Å²) in [6, 6.07) is 8.65. The van der Waals surface area contributed by atoms with Gasteiger partial charge < -0.3 is 10.1 Å². The van der Waals surface area contributed by atoms with Gasteiger partial charge in [0, 0.05) is 10.7 Å². The van der Waals surface area contributed by atoms with Crippen LogP contribution < -0.4 is 10.1 Å². The lowest BCUT2D eigenvalue weighted by Gasteiger charge is -2.13. The van der Waals surface area contributed by atoms with Gasteiger partial charge in [-0.05, 0) is 42.5 Å². The molecule has 3 rings (SSSR count). The van der Waals surface area contributed by atoms with Crippen LogP contribution in [0.25, 0.3) is 5.69 Å². The Hall–Kier alpha value is -2.85. The molecule has 2 aromatic carbocycles. The van der Waals surface area contributed by atoms with E-state index in [1.165, 1.54) is 24.3 Å². The Bertz CT molecular complexity index is 1070. The average Bonchev–Trinajstić information content (AvgIpc) is 3.10. The Labute approximate surface area is 176 Å². The topological polar surface area (TPSA) is 56.1 Å². The van der Waals surface area contributed by atoms with Crippen molar-refractivity contribution in [3.05, 3.63) is 70.0 Å². The highest BCUT2D eigenvalue weighted by atomic mass is 35.5. The zero-order valence-corrected chi connectivity index (χ0v) is 16.1. The fraction of sp³-hybridized carbons (Fsp3) is 0.111. The number of alkyl halides is 5. The maximum absolute atomic E-state index is 13.7. The van der Waals surface area contributed by atoms with E-state index in [9.17, 15) is 26.7 Å². The fourth-order valence-corrected chi connectivity index (χ4v) is 2.89. The second kappa shape index (κ2) is 8.49. The molecule has 0 fully saturated rings. The summed E-state index contributed by atoms with van der Waals surface area (Å²) in [4.78, 5) is 12.5. The highest BCUT2D eigenvalue weighted by Gasteiger charge is 2.40. The monoisotopic (exact) mass is 465 g/mol. The van der Waals surface area contributed by atoms with E-state index in [2.05, 4.69) is 15.2 Å². The van der Waals surface area contributed by atoms with Crippen LogP contribution in [0.2, 0.25) is 10.0 Å². The number of amides is 1. The van der Waals surface area contributed by atoms with Crippen molar-refractivity contribution in [3.8, 4) is 11.4 Å². The Morgan fingerprint density at radius 2 is 1.77 bits per heavy atom. The lowest BCUT2D eigenvalue weighted by atomic mass is 10.2. The zero-order valence-electron chi connectivity index (χ0n) is 14.6. The number of carbonyl (C=O) groups excluding carboxylic acids is 1. The molecule has 0 unspecified atom stereocenters. The van der Waals surface area contributed by atoms with E-state index in [-0.39, 0.29) is 22.1 Å². The normalized spacial score (nSPS) is 11.6. The second-order valence-corrected chi connectivity index (χ2v) is 6.61. The van der Waals surface area contributed by atoms with Crippen molar-refractivity contribution in [1.29, 1.82) is 0 Å². The predicted molar refractivity (Wildman–Crippen MR) is 99.6 cm³/mol. The maximum Gasteiger partial charge on any atom is 0.434 e. The van der Waals surface area contributed by atoms with E-state index in [4.69, 9.17) is 23.2 Å². The summed E-state index contributed by atoms with van der Waals surface area (Å²) >= 11 is 11.5. The van der Waals surface area contributed by atoms with Gasteiger partial charge in [-0.3, -0.25) is 4.79 Å². The molecule has 1 heterocycles. The van der Waals surface area contributed by atoms with Gasteiger partial charge in [0.2, 0.25) is 0 Å². The Morgan fingerprint density at radius 3 is 2.33 bits per heavy atom. The lowest BCUT2D eigenvalue weighted by Crippen LogP contribution is -2.20. The second-order valence-electron chi connectivity index (χ2n) is 5.77. The smallest absolute Gasteiger partial charge is 0.433 e. The third-order valence-corrected chi connectivity index (χ3v) is 4.31. The van der Waals surface area contributed by atoms with E-state index in [1.54, 1.807) is 0 Å². The molecule has 0 saturated carbocycles. The number of halogens is 7. The standard InChI is InChI=1S/C18H10Cl2F5N3O2/c19-9-1-4-11(5-2-9)28-15(18(23,24)25)12(8-26-28)16(29)27-10-3-6-14(13(20)7-10)30-17(21)22/h1-8,17H,(H,27,29). The first-order valence-electron chi connectivity index (χ1n) is 8.03. The number of hydrogen-bond donors (Lipinski definition) is 1. The van der Waals surface area contributed by atoms with Crippen LogP contribution in [0.3, 0.4) is 0 Å². The Morgan fingerprint density at radius 1 is 1.10 bits per heavy atom. The molecule has 12 heteroatoms. The van der Waals surface area contributed by atoms with Gasteiger partial charge >= 0.3 is 12.8 Å². The maximum atomic E-state index is 13.7. The van der Waals surface area contributed by atoms with Crippen LogP contribution in [0.15, 0.2) is 48.7 Å². The van der Waals surface area contributed by atoms with Gasteiger partial charge in [-0.25, -0.2) is 4.68 Å². The van der Waals surface area contributed by atoms with Gasteiger partial charge in [-0.15, -0.1) is 0 Å². The molecule has 0 aliphatic heterocycles. The van der Waals surface area contributed by atoms with Crippen molar-refractivity contribution in [2.75, 3.05) is 5.32 Å². The van der Waals surface area contributed by atoms with E-state index < -0.39 is 30.0 Å². The Kier molecular flexibility index (Phi) is 6.18. The molecule has 158 valence electrons. The van der Waals surface area contributed by atoms with Crippen LogP contribution in [0.1, 0.15) is 16.1 Å². The molecule has 3 aromatic rings. The van der Waals surface area contributed by atoms with Crippen LogP contribution in [0.4, 0.5) is 27.6 Å². The molecule has 0 bridgehead atoms. The number of rotatable bonds is 5. The van der Waals surface area contributed by atoms with E-state index >= 15 is 0 Å². The minimum atomic E-state index is -4.91. The molecule has 0 aliphatic carbocycles. The van der Waals surface area contributed by atoms with Gasteiger partial charge in [0.05, 0.1) is 22.5 Å². The van der Waals surface area contributed by atoms with Crippen molar-refractivity contribution in [3.63, 3.8) is 0 Å². The number of hydrogen-bond acceptors (Lipinski definition) is 3. The van der Waals surface area contributed by atoms with Crippen LogP contribution in [0.5, 0.6) is 5.75 Å². The van der Waals surface area contributed by atoms with Crippen molar-refractivity contribution in [2.45, 2.75) is 12.8 Å². The SMILES string of the molecule is O=C(Nc1ccc(OC(F)F)c(Cl)c1)c1cnn(-c2ccc(Cl)cc2)c1C(F)(F)F. The van der Waals surface area contributed by atoms with Gasteiger partial charge in [0.15, 0.2) is 5.69 Å². The number of ether oxygens (including phenoxy) is 1. The van der Waals surface area contributed by atoms with Gasteiger partial charge in [-0.1, -0.05) is 23.2 Å². The number of benzene rings is 2. The minimum Gasteiger partial charge on any atom is -0.433 e. The molecule has 0 aliphatic rings. The van der Waals surface area contributed by atoms with Crippen molar-refractivity contribution < 1.29 is 31.5 Å². The molecule has 0 spiro atoms. The number of anilines is 1. The van der Waals surface area contributed by atoms with Crippen LogP contribution in [0, 0.1) is 0 Å². The van der Waals surface area contributed by atoms with E-state index in [0.717, 1.165) is 24.4 Å². The molecule has 1 N–H and O–H groups in total. The Balaban J connectivity index is 1.93. The number of carbonyl (C=O) groups is 1. The lowest BCUT2D eigenvalue weighted by molar-refractivity contribution is -0.143. The molecule has 0 radical (unpaired) electrons. The van der Waals surface area contributed by atoms with E-state index in [1.807, 2.05) is 0 Å². The number of nitrogens with one attached hydrogen (secondary N) is 1. The third-order valence-electron chi connectivity index (χ3n) is 3.76. The summed E-state index contributed by atoms with van der Waals surface area (Å²) in [5.74, 6) is -1.47. The van der Waals surface area contributed by atoms with Gasteiger partial charge in [0.1, 0.15) is 5.75 Å². The average molecular weight is 466 g/mol. The molecule has 0 atom stereocenters. The largest absolute Gasteiger partial charge is 0.434 e. The molecular weight excluding hydrogens is 456 g/mol. The molecule has 0 saturated heterocycles. The number of nitrogens with zero attached hydrogens (tertiary/aromatic N) is 2. The molecule has 5 nitrogen and oxygen atoms in total. The highest BCUT2D eigenvalue weighted by Crippen LogP contribution is 2.35. The summed E-state index contributed by atoms with van der Waals surface area (Å²) in [5.41, 5.74) is -2.03. The zero-order chi connectivity index (χ0) is 22.1. The highest BCUT2D eigenvalue weighted by molar-refractivity contribution is 6.32. The first kappa shape index (κ1) is 21.8. The number of aromatic nitrogens is 2. The molecule has 1 aromatic heterocycles. The summed E-state index contributed by atoms with van der Waals surface area (Å²) in [7, 11) is 0. The first-order valence-corrected chi connectivity index (χ1v) is 8.78. The van der Waals surface area contributed by atoms with Crippen molar-refractivity contribution in [2.24, 2.45) is 0 Å². The molecule has 30 heavy (non-hydrogen) atoms. The van der Waals surface area contributed by atoms with Gasteiger partial charge in [-0.2, -0.15) is 27.1 Å². The van der Waals surface area contributed by atoms with Crippen LogP contribution in [-0.2, 0) is 6.18 Å².